The van der Waals surface area contributed by atoms with Crippen LogP contribution in [0.5, 0.6) is 5.75 Å². The predicted molar refractivity (Wildman–Crippen MR) is 120 cm³/mol. The lowest BCUT2D eigenvalue weighted by molar-refractivity contribution is 0.166. The molecule has 0 N–H and O–H groups in total. The second kappa shape index (κ2) is 8.63. The largest absolute Gasteiger partial charge is 0.482 e. The Hall–Kier alpha value is -2.38. The van der Waals surface area contributed by atoms with E-state index in [0.29, 0.717) is 16.1 Å². The maximum absolute atomic E-state index is 14.8. The summed E-state index contributed by atoms with van der Waals surface area (Å²) >= 11 is 12.2. The fourth-order valence-electron chi connectivity index (χ4n) is 3.20. The number of aryl methyl sites for hydroxylation is 1. The average Bonchev–Trinajstić information content (AvgIpc) is 2.73. The fraction of sp³-hybridized carbons (Fsp3) is 0.130. The third-order valence-corrected chi connectivity index (χ3v) is 6.64. The van der Waals surface area contributed by atoms with Crippen LogP contribution in [0.15, 0.2) is 65.6 Å². The highest BCUT2D eigenvalue weighted by molar-refractivity contribution is 7.86. The van der Waals surface area contributed by atoms with Gasteiger partial charge in [-0.05, 0) is 49.4 Å². The van der Waals surface area contributed by atoms with Gasteiger partial charge >= 0.3 is 0 Å². The molecule has 0 saturated carbocycles. The molecule has 160 valence electrons. The van der Waals surface area contributed by atoms with Crippen molar-refractivity contribution in [2.75, 3.05) is 6.61 Å². The lowest BCUT2D eigenvalue weighted by Gasteiger charge is -2.24. The van der Waals surface area contributed by atoms with Crippen molar-refractivity contribution in [2.24, 2.45) is 0 Å². The van der Waals surface area contributed by atoms with Crippen molar-refractivity contribution in [1.82, 2.24) is 0 Å². The Balaban J connectivity index is 1.60. The Morgan fingerprint density at radius 2 is 1.81 bits per heavy atom. The summed E-state index contributed by atoms with van der Waals surface area (Å²) in [6.07, 6.45) is 2.66. The molecule has 4 rings (SSSR count). The first-order valence-corrected chi connectivity index (χ1v) is 11.5. The molecular weight excluding hydrogens is 462 g/mol. The molecule has 4 nitrogen and oxygen atoms in total. The monoisotopic (exact) mass is 478 g/mol. The third-order valence-electron chi connectivity index (χ3n) is 4.79. The number of fused-ring (bicyclic) bond motifs is 1. The number of rotatable bonds is 5. The quantitative estimate of drug-likeness (QED) is 0.404. The molecule has 3 aromatic carbocycles. The Morgan fingerprint density at radius 1 is 1.06 bits per heavy atom. The van der Waals surface area contributed by atoms with Crippen LogP contribution in [0.3, 0.4) is 0 Å². The summed E-state index contributed by atoms with van der Waals surface area (Å²) in [4.78, 5) is 0.0537. The van der Waals surface area contributed by atoms with Crippen LogP contribution in [0.4, 0.5) is 4.39 Å². The van der Waals surface area contributed by atoms with E-state index in [1.54, 1.807) is 42.5 Å². The zero-order valence-corrected chi connectivity index (χ0v) is 18.6. The second-order valence-electron chi connectivity index (χ2n) is 7.03. The van der Waals surface area contributed by atoms with E-state index in [1.165, 1.54) is 24.3 Å². The molecule has 0 fully saturated rings. The van der Waals surface area contributed by atoms with Crippen molar-refractivity contribution in [3.63, 3.8) is 0 Å². The van der Waals surface area contributed by atoms with Crippen LogP contribution in [-0.4, -0.2) is 21.1 Å². The van der Waals surface area contributed by atoms with E-state index in [0.717, 1.165) is 5.56 Å². The molecule has 0 spiro atoms. The molecule has 1 aliphatic heterocycles. The van der Waals surface area contributed by atoms with Crippen LogP contribution in [0.25, 0.3) is 17.2 Å². The van der Waals surface area contributed by atoms with Gasteiger partial charge in [-0.25, -0.2) is 4.39 Å². The van der Waals surface area contributed by atoms with Gasteiger partial charge < -0.3 is 4.74 Å². The standard InChI is InChI=1S/C23H17Cl2FO4S/c1-14-2-8-18(9-3-14)31(27,28)29-13-17-7-4-15-5-11-21(26)22(23(15)30-17)19-10-6-16(24)12-20(19)25/h2-12,17H,13H2,1H3/t17-/m1/s1. The third kappa shape index (κ3) is 4.62. The highest BCUT2D eigenvalue weighted by atomic mass is 35.5. The summed E-state index contributed by atoms with van der Waals surface area (Å²) in [6, 6.07) is 14.0. The van der Waals surface area contributed by atoms with Gasteiger partial charge in [-0.1, -0.05) is 53.0 Å². The number of hydrogen-bond acceptors (Lipinski definition) is 4. The van der Waals surface area contributed by atoms with E-state index in [2.05, 4.69) is 0 Å². The molecule has 3 aromatic rings. The lowest BCUT2D eigenvalue weighted by atomic mass is 9.98. The van der Waals surface area contributed by atoms with Gasteiger partial charge in [-0.3, -0.25) is 4.18 Å². The van der Waals surface area contributed by atoms with Crippen molar-refractivity contribution >= 4 is 39.4 Å². The van der Waals surface area contributed by atoms with E-state index in [9.17, 15) is 12.8 Å². The Bertz CT molecular complexity index is 1270. The minimum Gasteiger partial charge on any atom is -0.482 e. The van der Waals surface area contributed by atoms with Crippen LogP contribution in [-0.2, 0) is 14.3 Å². The molecule has 8 heteroatoms. The molecule has 0 aromatic heterocycles. The molecular formula is C23H17Cl2FO4S. The smallest absolute Gasteiger partial charge is 0.297 e. The Labute approximate surface area is 190 Å². The van der Waals surface area contributed by atoms with Crippen LogP contribution >= 0.6 is 23.2 Å². The van der Waals surface area contributed by atoms with Crippen molar-refractivity contribution in [3.8, 4) is 16.9 Å². The highest BCUT2D eigenvalue weighted by Crippen LogP contribution is 2.42. The summed E-state index contributed by atoms with van der Waals surface area (Å²) in [5.41, 5.74) is 2.17. The number of benzene rings is 3. The van der Waals surface area contributed by atoms with Crippen LogP contribution < -0.4 is 4.74 Å². The molecule has 0 amide bonds. The first-order valence-electron chi connectivity index (χ1n) is 9.33. The van der Waals surface area contributed by atoms with Crippen LogP contribution in [0.2, 0.25) is 10.0 Å². The summed E-state index contributed by atoms with van der Waals surface area (Å²) < 4.78 is 50.8. The Kier molecular flexibility index (Phi) is 6.08. The van der Waals surface area contributed by atoms with Gasteiger partial charge in [0.1, 0.15) is 24.3 Å². The summed E-state index contributed by atoms with van der Waals surface area (Å²) in [5, 5.41) is 0.695. The van der Waals surface area contributed by atoms with Gasteiger partial charge in [0, 0.05) is 16.1 Å². The maximum atomic E-state index is 14.8. The summed E-state index contributed by atoms with van der Waals surface area (Å²) in [6.45, 7) is 1.59. The van der Waals surface area contributed by atoms with E-state index in [4.69, 9.17) is 32.1 Å². The number of halogens is 3. The minimum atomic E-state index is -3.96. The van der Waals surface area contributed by atoms with E-state index < -0.39 is 22.0 Å². The minimum absolute atomic E-state index is 0.0537. The molecule has 0 saturated heterocycles. The van der Waals surface area contributed by atoms with Crippen LogP contribution in [0.1, 0.15) is 11.1 Å². The van der Waals surface area contributed by atoms with Crippen molar-refractivity contribution < 1.29 is 21.7 Å². The Morgan fingerprint density at radius 3 is 2.52 bits per heavy atom. The molecule has 0 aliphatic carbocycles. The van der Waals surface area contributed by atoms with Gasteiger partial charge in [0.2, 0.25) is 0 Å². The first kappa shape index (κ1) is 21.8. The molecule has 0 radical (unpaired) electrons. The SMILES string of the molecule is Cc1ccc(S(=O)(=O)OC[C@H]2C=Cc3ccc(F)c(-c4ccc(Cl)cc4Cl)c3O2)cc1. The van der Waals surface area contributed by atoms with Gasteiger partial charge in [0.15, 0.2) is 0 Å². The van der Waals surface area contributed by atoms with E-state index in [1.807, 2.05) is 6.92 Å². The maximum Gasteiger partial charge on any atom is 0.297 e. The van der Waals surface area contributed by atoms with Gasteiger partial charge in [0.05, 0.1) is 15.5 Å². The predicted octanol–water partition coefficient (Wildman–Crippen LogP) is 6.29. The molecule has 1 aliphatic rings. The summed E-state index contributed by atoms with van der Waals surface area (Å²) in [7, 11) is -3.96. The lowest BCUT2D eigenvalue weighted by Crippen LogP contribution is -2.25. The van der Waals surface area contributed by atoms with Crippen molar-refractivity contribution in [3.05, 3.63) is 87.7 Å². The fourth-order valence-corrected chi connectivity index (χ4v) is 4.62. The van der Waals surface area contributed by atoms with Crippen LogP contribution in [0, 0.1) is 12.7 Å². The normalized spacial score (nSPS) is 15.4. The molecule has 1 heterocycles. The number of hydrogen-bond donors (Lipinski definition) is 0. The average molecular weight is 479 g/mol. The summed E-state index contributed by atoms with van der Waals surface area (Å²) in [5.74, 6) is -0.265. The van der Waals surface area contributed by atoms with Gasteiger partial charge in [-0.2, -0.15) is 8.42 Å². The van der Waals surface area contributed by atoms with E-state index in [-0.39, 0.29) is 27.8 Å². The van der Waals surface area contributed by atoms with Crippen molar-refractivity contribution in [2.45, 2.75) is 17.9 Å². The first-order chi connectivity index (χ1) is 14.7. The van der Waals surface area contributed by atoms with Gasteiger partial charge in [0.25, 0.3) is 10.1 Å². The molecule has 1 atom stereocenters. The molecule has 0 bridgehead atoms. The second-order valence-corrected chi connectivity index (χ2v) is 9.49. The highest BCUT2D eigenvalue weighted by Gasteiger charge is 2.25. The zero-order chi connectivity index (χ0) is 22.2. The molecule has 0 unspecified atom stereocenters. The number of ether oxygens (including phenoxy) is 1. The van der Waals surface area contributed by atoms with E-state index >= 15 is 0 Å². The van der Waals surface area contributed by atoms with Crippen molar-refractivity contribution in [1.29, 1.82) is 0 Å². The zero-order valence-electron chi connectivity index (χ0n) is 16.3. The molecule has 31 heavy (non-hydrogen) atoms. The topological polar surface area (TPSA) is 52.6 Å². The van der Waals surface area contributed by atoms with Gasteiger partial charge in [-0.15, -0.1) is 0 Å².